The molecule has 0 saturated carbocycles. The van der Waals surface area contributed by atoms with E-state index in [1.807, 2.05) is 24.3 Å². The minimum atomic E-state index is -0.501. The van der Waals surface area contributed by atoms with Gasteiger partial charge in [0.05, 0.1) is 5.41 Å². The number of fused-ring (bicyclic) bond motifs is 3. The van der Waals surface area contributed by atoms with Crippen molar-refractivity contribution in [2.75, 3.05) is 0 Å². The number of hydrogen-bond donors (Lipinski definition) is 2. The number of aryl methyl sites for hydroxylation is 1. The molecule has 0 aromatic heterocycles. The summed E-state index contributed by atoms with van der Waals surface area (Å²) in [6.07, 6.45) is 0. The fourth-order valence-corrected chi connectivity index (χ4v) is 4.60. The Hall–Kier alpha value is -3.52. The van der Waals surface area contributed by atoms with Gasteiger partial charge in [0, 0.05) is 0 Å². The molecule has 0 spiro atoms. The van der Waals surface area contributed by atoms with Gasteiger partial charge in [-0.2, -0.15) is 0 Å². The van der Waals surface area contributed by atoms with Gasteiger partial charge >= 0.3 is 0 Å². The molecule has 5 rings (SSSR count). The third-order valence-corrected chi connectivity index (χ3v) is 5.80. The lowest BCUT2D eigenvalue weighted by molar-refractivity contribution is 0.475. The van der Waals surface area contributed by atoms with Gasteiger partial charge in [-0.25, -0.2) is 0 Å². The molecule has 2 N–H and O–H groups in total. The molecule has 0 heterocycles. The van der Waals surface area contributed by atoms with Gasteiger partial charge in [-0.1, -0.05) is 72.3 Å². The first-order valence-corrected chi connectivity index (χ1v) is 9.41. The maximum Gasteiger partial charge on any atom is 0.115 e. The lowest BCUT2D eigenvalue weighted by Gasteiger charge is -2.34. The van der Waals surface area contributed by atoms with E-state index in [-0.39, 0.29) is 11.5 Å². The zero-order chi connectivity index (χ0) is 19.3. The summed E-state index contributed by atoms with van der Waals surface area (Å²) in [4.78, 5) is 0. The van der Waals surface area contributed by atoms with Crippen molar-refractivity contribution in [2.24, 2.45) is 0 Å². The molecule has 0 amide bonds. The summed E-state index contributed by atoms with van der Waals surface area (Å²) in [6, 6.07) is 30.1. The predicted molar refractivity (Wildman–Crippen MR) is 112 cm³/mol. The molecule has 0 unspecified atom stereocenters. The second-order valence-corrected chi connectivity index (χ2v) is 7.44. The van der Waals surface area contributed by atoms with Crippen LogP contribution in [-0.4, -0.2) is 10.2 Å². The van der Waals surface area contributed by atoms with E-state index in [4.69, 9.17) is 0 Å². The zero-order valence-corrected chi connectivity index (χ0v) is 15.6. The van der Waals surface area contributed by atoms with E-state index in [0.717, 1.165) is 11.1 Å². The average Bonchev–Trinajstić information content (AvgIpc) is 3.00. The van der Waals surface area contributed by atoms with Crippen LogP contribution in [0.2, 0.25) is 0 Å². The number of phenols is 2. The first-order valence-electron chi connectivity index (χ1n) is 9.41. The van der Waals surface area contributed by atoms with Crippen LogP contribution in [0.15, 0.2) is 91.0 Å². The molecule has 0 bridgehead atoms. The molecule has 0 aliphatic heterocycles. The van der Waals surface area contributed by atoms with Crippen LogP contribution in [-0.2, 0) is 5.41 Å². The lowest BCUT2D eigenvalue weighted by atomic mass is 9.67. The third kappa shape index (κ3) is 2.21. The number of aromatic hydroxyl groups is 2. The normalized spacial score (nSPS) is 13.8. The Morgan fingerprint density at radius 1 is 0.571 bits per heavy atom. The molecule has 0 radical (unpaired) electrons. The third-order valence-electron chi connectivity index (χ3n) is 5.80. The van der Waals surface area contributed by atoms with Crippen molar-refractivity contribution in [2.45, 2.75) is 12.3 Å². The Balaban J connectivity index is 1.96. The maximum atomic E-state index is 9.89. The van der Waals surface area contributed by atoms with Crippen molar-refractivity contribution in [1.29, 1.82) is 0 Å². The standard InChI is InChI=1S/C26H20O2/c1-17-6-15-23-22-4-2-3-5-24(22)26(25(23)16-17,18-7-11-20(27)12-8-18)19-9-13-21(28)14-10-19/h2-16,27-28H,1H3. The summed E-state index contributed by atoms with van der Waals surface area (Å²) in [5, 5.41) is 19.8. The number of rotatable bonds is 2. The Labute approximate surface area is 164 Å². The van der Waals surface area contributed by atoms with Crippen LogP contribution in [0.1, 0.15) is 27.8 Å². The summed E-state index contributed by atoms with van der Waals surface area (Å²) in [6.45, 7) is 2.11. The van der Waals surface area contributed by atoms with Crippen LogP contribution in [0.25, 0.3) is 11.1 Å². The Morgan fingerprint density at radius 2 is 1.11 bits per heavy atom. The molecule has 4 aromatic rings. The van der Waals surface area contributed by atoms with Gasteiger partial charge in [0.25, 0.3) is 0 Å². The van der Waals surface area contributed by atoms with E-state index < -0.39 is 5.41 Å². The quantitative estimate of drug-likeness (QED) is 0.417. The van der Waals surface area contributed by atoms with Gasteiger partial charge in [-0.3, -0.25) is 0 Å². The van der Waals surface area contributed by atoms with Crippen LogP contribution < -0.4 is 0 Å². The first kappa shape index (κ1) is 16.6. The van der Waals surface area contributed by atoms with Gasteiger partial charge in [-0.05, 0) is 64.6 Å². The summed E-state index contributed by atoms with van der Waals surface area (Å²) < 4.78 is 0. The van der Waals surface area contributed by atoms with E-state index in [0.29, 0.717) is 0 Å². The van der Waals surface area contributed by atoms with E-state index in [2.05, 4.69) is 49.4 Å². The molecule has 1 aliphatic carbocycles. The molecule has 28 heavy (non-hydrogen) atoms. The van der Waals surface area contributed by atoms with Crippen LogP contribution in [0.3, 0.4) is 0 Å². The van der Waals surface area contributed by atoms with Crippen molar-refractivity contribution in [3.63, 3.8) is 0 Å². The Bertz CT molecular complexity index is 1130. The molecule has 2 heteroatoms. The van der Waals surface area contributed by atoms with Gasteiger partial charge in [-0.15, -0.1) is 0 Å². The van der Waals surface area contributed by atoms with Crippen LogP contribution >= 0.6 is 0 Å². The van der Waals surface area contributed by atoms with E-state index in [1.165, 1.54) is 27.8 Å². The van der Waals surface area contributed by atoms with E-state index in [1.54, 1.807) is 24.3 Å². The highest BCUT2D eigenvalue weighted by Crippen LogP contribution is 2.56. The smallest absolute Gasteiger partial charge is 0.115 e. The maximum absolute atomic E-state index is 9.89. The minimum absolute atomic E-state index is 0.250. The monoisotopic (exact) mass is 364 g/mol. The van der Waals surface area contributed by atoms with Crippen molar-refractivity contribution >= 4 is 0 Å². The van der Waals surface area contributed by atoms with Crippen LogP contribution in [0.5, 0.6) is 11.5 Å². The molecule has 0 fully saturated rings. The molecule has 0 atom stereocenters. The molecular weight excluding hydrogens is 344 g/mol. The van der Waals surface area contributed by atoms with Crippen molar-refractivity contribution < 1.29 is 10.2 Å². The molecular formula is C26H20O2. The second-order valence-electron chi connectivity index (χ2n) is 7.44. The second kappa shape index (κ2) is 6.00. The Morgan fingerprint density at radius 3 is 1.71 bits per heavy atom. The summed E-state index contributed by atoms with van der Waals surface area (Å²) in [5.74, 6) is 0.501. The van der Waals surface area contributed by atoms with Gasteiger partial charge in [0.15, 0.2) is 0 Å². The summed E-state index contributed by atoms with van der Waals surface area (Å²) >= 11 is 0. The van der Waals surface area contributed by atoms with Crippen molar-refractivity contribution in [3.05, 3.63) is 119 Å². The molecule has 2 nitrogen and oxygen atoms in total. The molecule has 0 saturated heterocycles. The highest BCUT2D eigenvalue weighted by Gasteiger charge is 2.45. The Kier molecular flexibility index (Phi) is 3.56. The highest BCUT2D eigenvalue weighted by molar-refractivity contribution is 5.86. The number of phenolic OH excluding ortho intramolecular Hbond substituents is 2. The molecule has 1 aliphatic rings. The van der Waals surface area contributed by atoms with Gasteiger partial charge in [0.2, 0.25) is 0 Å². The highest BCUT2D eigenvalue weighted by atomic mass is 16.3. The number of benzene rings is 4. The fourth-order valence-electron chi connectivity index (χ4n) is 4.60. The number of hydrogen-bond acceptors (Lipinski definition) is 2. The predicted octanol–water partition coefficient (Wildman–Crippen LogP) is 5.77. The average molecular weight is 364 g/mol. The van der Waals surface area contributed by atoms with Crippen molar-refractivity contribution in [1.82, 2.24) is 0 Å². The summed E-state index contributed by atoms with van der Waals surface area (Å²) in [7, 11) is 0. The van der Waals surface area contributed by atoms with Crippen LogP contribution in [0.4, 0.5) is 0 Å². The van der Waals surface area contributed by atoms with E-state index in [9.17, 15) is 10.2 Å². The molecule has 136 valence electrons. The van der Waals surface area contributed by atoms with Gasteiger partial charge < -0.3 is 10.2 Å². The van der Waals surface area contributed by atoms with E-state index >= 15 is 0 Å². The SMILES string of the molecule is Cc1ccc2c(c1)C(c1ccc(O)cc1)(c1ccc(O)cc1)c1ccccc1-2. The van der Waals surface area contributed by atoms with Gasteiger partial charge in [0.1, 0.15) is 11.5 Å². The minimum Gasteiger partial charge on any atom is -0.508 e. The summed E-state index contributed by atoms with van der Waals surface area (Å²) in [5.41, 5.74) is 7.77. The zero-order valence-electron chi connectivity index (χ0n) is 15.6. The largest absolute Gasteiger partial charge is 0.508 e. The fraction of sp³-hybridized carbons (Fsp3) is 0.0769. The lowest BCUT2D eigenvalue weighted by Crippen LogP contribution is -2.28. The molecule has 4 aromatic carbocycles. The van der Waals surface area contributed by atoms with Crippen molar-refractivity contribution in [3.8, 4) is 22.6 Å². The van der Waals surface area contributed by atoms with Crippen LogP contribution in [0, 0.1) is 6.92 Å². The topological polar surface area (TPSA) is 40.5 Å². The first-order chi connectivity index (χ1) is 13.6.